The highest BCUT2D eigenvalue weighted by atomic mass is 14.7. The van der Waals surface area contributed by atoms with Crippen LogP contribution in [0.2, 0.25) is 0 Å². The van der Waals surface area contributed by atoms with Crippen LogP contribution < -0.4 is 5.41 Å². The van der Waals surface area contributed by atoms with Gasteiger partial charge in [0.2, 0.25) is 0 Å². The van der Waals surface area contributed by atoms with Gasteiger partial charge in [-0.2, -0.15) is 5.41 Å². The average Bonchev–Trinajstić information content (AvgIpc) is 1.91. The van der Waals surface area contributed by atoms with E-state index in [2.05, 4.69) is 4.98 Å². The van der Waals surface area contributed by atoms with E-state index in [1.807, 2.05) is 18.2 Å². The topological polar surface area (TPSA) is 35.2 Å². The molecule has 0 saturated carbocycles. The standard InChI is InChI=1S/C7H7N2/c8-5-4-7-3-1-2-6-9-7/h1-3,5-6H,4H2. The second kappa shape index (κ2) is 2.97. The van der Waals surface area contributed by atoms with E-state index < -0.39 is 0 Å². The number of hydrogen-bond donors (Lipinski definition) is 0. The van der Waals surface area contributed by atoms with Gasteiger partial charge in [-0.1, -0.05) is 6.07 Å². The summed E-state index contributed by atoms with van der Waals surface area (Å²) in [4.78, 5) is 3.98. The predicted molar refractivity (Wildman–Crippen MR) is 36.1 cm³/mol. The van der Waals surface area contributed by atoms with Gasteiger partial charge in [-0.05, 0) is 12.1 Å². The molecule has 0 aliphatic heterocycles. The Kier molecular flexibility index (Phi) is 1.96. The summed E-state index contributed by atoms with van der Waals surface area (Å²) in [6.45, 7) is 0. The maximum atomic E-state index is 8.35. The zero-order valence-electron chi connectivity index (χ0n) is 4.99. The molecular weight excluding hydrogens is 112 g/mol. The largest absolute Gasteiger partial charge is 0.261 e. The zero-order valence-corrected chi connectivity index (χ0v) is 4.99. The lowest BCUT2D eigenvalue weighted by atomic mass is 10.3. The van der Waals surface area contributed by atoms with Crippen molar-refractivity contribution in [1.29, 1.82) is 0 Å². The lowest BCUT2D eigenvalue weighted by Crippen LogP contribution is -1.88. The van der Waals surface area contributed by atoms with Crippen LogP contribution in [0, 0.1) is 0 Å². The molecule has 1 rings (SSSR count). The molecule has 1 radical (unpaired) electrons. The SMILES string of the molecule is [N]=CCc1ccccn1. The van der Waals surface area contributed by atoms with E-state index in [4.69, 9.17) is 5.41 Å². The Balaban J connectivity index is 2.72. The van der Waals surface area contributed by atoms with Gasteiger partial charge in [0.15, 0.2) is 0 Å². The van der Waals surface area contributed by atoms with Crippen LogP contribution in [0.25, 0.3) is 0 Å². The highest BCUT2D eigenvalue weighted by Crippen LogP contribution is 1.90. The summed E-state index contributed by atoms with van der Waals surface area (Å²) in [5.74, 6) is 0. The fourth-order valence-electron chi connectivity index (χ4n) is 0.612. The summed E-state index contributed by atoms with van der Waals surface area (Å²) < 4.78 is 0. The third-order valence-electron chi connectivity index (χ3n) is 1.03. The van der Waals surface area contributed by atoms with Gasteiger partial charge in [0.05, 0.1) is 0 Å². The van der Waals surface area contributed by atoms with E-state index >= 15 is 0 Å². The van der Waals surface area contributed by atoms with E-state index in [1.165, 1.54) is 0 Å². The zero-order chi connectivity index (χ0) is 6.53. The number of pyridine rings is 1. The van der Waals surface area contributed by atoms with Crippen LogP contribution in [0.3, 0.4) is 0 Å². The number of aromatic nitrogens is 1. The minimum atomic E-state index is 0.529. The highest BCUT2D eigenvalue weighted by Gasteiger charge is 1.85. The molecule has 45 valence electrons. The molecule has 0 spiro atoms. The Morgan fingerprint density at radius 2 is 2.44 bits per heavy atom. The van der Waals surface area contributed by atoms with Gasteiger partial charge in [-0.3, -0.25) is 4.98 Å². The molecule has 9 heavy (non-hydrogen) atoms. The summed E-state index contributed by atoms with van der Waals surface area (Å²) in [6, 6.07) is 5.61. The molecule has 0 unspecified atom stereocenters. The molecule has 1 aromatic heterocycles. The van der Waals surface area contributed by atoms with Crippen molar-refractivity contribution in [2.24, 2.45) is 0 Å². The molecule has 1 aromatic rings. The summed E-state index contributed by atoms with van der Waals surface area (Å²) in [5, 5.41) is 8.35. The molecule has 0 atom stereocenters. The van der Waals surface area contributed by atoms with E-state index in [9.17, 15) is 0 Å². The molecule has 0 bridgehead atoms. The molecule has 0 aliphatic carbocycles. The lowest BCUT2D eigenvalue weighted by molar-refractivity contribution is 1.15. The van der Waals surface area contributed by atoms with Gasteiger partial charge >= 0.3 is 0 Å². The molecule has 2 heteroatoms. The minimum Gasteiger partial charge on any atom is -0.261 e. The van der Waals surface area contributed by atoms with E-state index in [-0.39, 0.29) is 0 Å². The van der Waals surface area contributed by atoms with Gasteiger partial charge in [0.25, 0.3) is 0 Å². The molecule has 0 aromatic carbocycles. The Morgan fingerprint density at radius 3 is 3.00 bits per heavy atom. The van der Waals surface area contributed by atoms with Gasteiger partial charge in [-0.25, -0.2) is 0 Å². The Hall–Kier alpha value is -1.18. The molecular formula is C7H7N2. The highest BCUT2D eigenvalue weighted by molar-refractivity contribution is 5.57. The van der Waals surface area contributed by atoms with Gasteiger partial charge in [0, 0.05) is 24.5 Å². The maximum absolute atomic E-state index is 8.35. The normalized spacial score (nSPS) is 8.89. The van der Waals surface area contributed by atoms with Crippen molar-refractivity contribution in [3.05, 3.63) is 30.1 Å². The fourth-order valence-corrected chi connectivity index (χ4v) is 0.612. The first-order valence-corrected chi connectivity index (χ1v) is 2.79. The summed E-state index contributed by atoms with van der Waals surface area (Å²) in [7, 11) is 0. The van der Waals surface area contributed by atoms with Crippen molar-refractivity contribution in [1.82, 2.24) is 10.4 Å². The van der Waals surface area contributed by atoms with Gasteiger partial charge < -0.3 is 0 Å². The van der Waals surface area contributed by atoms with E-state index in [0.29, 0.717) is 6.42 Å². The van der Waals surface area contributed by atoms with Crippen molar-refractivity contribution in [3.8, 4) is 0 Å². The molecule has 0 aliphatic rings. The number of hydrogen-bond acceptors (Lipinski definition) is 1. The second-order valence-corrected chi connectivity index (χ2v) is 1.71. The van der Waals surface area contributed by atoms with Crippen LogP contribution in [-0.2, 0) is 6.42 Å². The van der Waals surface area contributed by atoms with Crippen molar-refractivity contribution in [2.45, 2.75) is 6.42 Å². The quantitative estimate of drug-likeness (QED) is 0.522. The second-order valence-electron chi connectivity index (χ2n) is 1.71. The van der Waals surface area contributed by atoms with Crippen molar-refractivity contribution >= 4 is 6.21 Å². The van der Waals surface area contributed by atoms with Crippen LogP contribution >= 0.6 is 0 Å². The average molecular weight is 119 g/mol. The molecule has 1 heterocycles. The van der Waals surface area contributed by atoms with E-state index in [0.717, 1.165) is 11.9 Å². The fraction of sp³-hybridized carbons (Fsp3) is 0.143. The van der Waals surface area contributed by atoms with Crippen LogP contribution in [0.15, 0.2) is 24.4 Å². The monoisotopic (exact) mass is 119 g/mol. The minimum absolute atomic E-state index is 0.529. The summed E-state index contributed by atoms with van der Waals surface area (Å²) >= 11 is 0. The third kappa shape index (κ3) is 1.64. The smallest absolute Gasteiger partial charge is 0.0457 e. The Morgan fingerprint density at radius 1 is 1.56 bits per heavy atom. The predicted octanol–water partition coefficient (Wildman–Crippen LogP) is 0.495. The van der Waals surface area contributed by atoms with Crippen molar-refractivity contribution in [2.75, 3.05) is 0 Å². The third-order valence-corrected chi connectivity index (χ3v) is 1.03. The van der Waals surface area contributed by atoms with Crippen LogP contribution in [-0.4, -0.2) is 11.2 Å². The maximum Gasteiger partial charge on any atom is 0.0457 e. The summed E-state index contributed by atoms with van der Waals surface area (Å²) in [6.07, 6.45) is 3.34. The van der Waals surface area contributed by atoms with Crippen LogP contribution in [0.5, 0.6) is 0 Å². The Labute approximate surface area is 54.1 Å². The van der Waals surface area contributed by atoms with Crippen molar-refractivity contribution < 1.29 is 0 Å². The molecule has 0 fully saturated rings. The lowest BCUT2D eigenvalue weighted by Gasteiger charge is -1.89. The van der Waals surface area contributed by atoms with Crippen LogP contribution in [0.1, 0.15) is 5.69 Å². The molecule has 0 N–H and O–H groups in total. The Bertz CT molecular complexity index is 181. The van der Waals surface area contributed by atoms with Crippen LogP contribution in [0.4, 0.5) is 0 Å². The van der Waals surface area contributed by atoms with Gasteiger partial charge in [-0.15, -0.1) is 0 Å². The number of rotatable bonds is 2. The first kappa shape index (κ1) is 5.95. The van der Waals surface area contributed by atoms with Crippen molar-refractivity contribution in [3.63, 3.8) is 0 Å². The van der Waals surface area contributed by atoms with E-state index in [1.54, 1.807) is 6.20 Å². The molecule has 2 nitrogen and oxygen atoms in total. The van der Waals surface area contributed by atoms with Gasteiger partial charge in [0.1, 0.15) is 0 Å². The first-order chi connectivity index (χ1) is 4.43. The summed E-state index contributed by atoms with van der Waals surface area (Å²) in [5.41, 5.74) is 0.889. The number of nitrogens with zero attached hydrogens (tertiary/aromatic N) is 2. The molecule has 0 amide bonds. The first-order valence-electron chi connectivity index (χ1n) is 2.79. The molecule has 0 saturated heterocycles.